The van der Waals surface area contributed by atoms with Crippen molar-refractivity contribution in [1.82, 2.24) is 9.78 Å². The van der Waals surface area contributed by atoms with Crippen molar-refractivity contribution in [2.75, 3.05) is 11.5 Å². The van der Waals surface area contributed by atoms with E-state index < -0.39 is 5.97 Å². The Hall–Kier alpha value is -1.17. The van der Waals surface area contributed by atoms with Crippen LogP contribution in [0.5, 0.6) is 0 Å². The first-order valence-electron chi connectivity index (χ1n) is 5.89. The molecular weight excluding hydrogens is 238 g/mol. The average Bonchev–Trinajstić information content (AvgIpc) is 2.86. The van der Waals surface area contributed by atoms with Gasteiger partial charge in [-0.05, 0) is 18.6 Å². The van der Waals surface area contributed by atoms with Gasteiger partial charge in [0.1, 0.15) is 16.4 Å². The van der Waals surface area contributed by atoms with Crippen LogP contribution >= 0.6 is 11.8 Å². The summed E-state index contributed by atoms with van der Waals surface area (Å²) in [6.07, 6.45) is 4.42. The van der Waals surface area contributed by atoms with Crippen molar-refractivity contribution >= 4 is 23.5 Å². The highest BCUT2D eigenvalue weighted by Crippen LogP contribution is 2.35. The van der Waals surface area contributed by atoms with Crippen LogP contribution in [0.4, 0.5) is 5.82 Å². The largest absolute Gasteiger partial charge is 0.477 e. The van der Waals surface area contributed by atoms with E-state index >= 15 is 0 Å². The molecular formula is C11H17N3O2S. The maximum atomic E-state index is 11.2. The highest BCUT2D eigenvalue weighted by Gasteiger charge is 2.27. The van der Waals surface area contributed by atoms with E-state index in [1.807, 2.05) is 6.92 Å². The van der Waals surface area contributed by atoms with E-state index in [0.717, 1.165) is 18.6 Å². The van der Waals surface area contributed by atoms with Gasteiger partial charge in [0.15, 0.2) is 0 Å². The number of carboxylic acids is 1. The van der Waals surface area contributed by atoms with Crippen LogP contribution in [0, 0.1) is 0 Å². The molecule has 1 aromatic rings. The highest BCUT2D eigenvalue weighted by atomic mass is 32.2. The van der Waals surface area contributed by atoms with Crippen molar-refractivity contribution in [2.45, 2.75) is 43.7 Å². The van der Waals surface area contributed by atoms with Crippen LogP contribution < -0.4 is 5.73 Å². The van der Waals surface area contributed by atoms with Gasteiger partial charge in [-0.25, -0.2) is 9.48 Å². The van der Waals surface area contributed by atoms with Gasteiger partial charge >= 0.3 is 5.97 Å². The third-order valence-electron chi connectivity index (χ3n) is 3.08. The number of nitrogens with two attached hydrogens (primary N) is 1. The van der Waals surface area contributed by atoms with Gasteiger partial charge in [-0.1, -0.05) is 19.8 Å². The predicted molar refractivity (Wildman–Crippen MR) is 67.5 cm³/mol. The predicted octanol–water partition coefficient (Wildman–Crippen LogP) is 2.39. The fraction of sp³-hybridized carbons (Fsp3) is 0.636. The zero-order valence-corrected chi connectivity index (χ0v) is 10.7. The number of nitrogens with zero attached hydrogens (tertiary/aromatic N) is 2. The Bertz CT molecular complexity index is 425. The standard InChI is InChI=1S/C11H17N3O2S/c1-2-17-10-8(11(15)16)9(12)14(13-10)7-5-3-4-6-7/h7H,2-6,12H2,1H3,(H,15,16). The Morgan fingerprint density at radius 1 is 1.59 bits per heavy atom. The summed E-state index contributed by atoms with van der Waals surface area (Å²) in [5.74, 6) is 0.115. The van der Waals surface area contributed by atoms with Crippen molar-refractivity contribution in [3.05, 3.63) is 5.56 Å². The molecule has 6 heteroatoms. The summed E-state index contributed by atoms with van der Waals surface area (Å²) in [7, 11) is 0. The molecule has 1 fully saturated rings. The highest BCUT2D eigenvalue weighted by molar-refractivity contribution is 7.99. The molecule has 2 rings (SSSR count). The molecule has 0 unspecified atom stereocenters. The first kappa shape index (κ1) is 12.3. The minimum absolute atomic E-state index is 0.170. The smallest absolute Gasteiger partial charge is 0.342 e. The Labute approximate surface area is 104 Å². The van der Waals surface area contributed by atoms with Crippen molar-refractivity contribution in [3.8, 4) is 0 Å². The molecule has 1 aliphatic rings. The molecule has 0 radical (unpaired) electrons. The molecule has 0 amide bonds. The summed E-state index contributed by atoms with van der Waals surface area (Å²) < 4.78 is 1.72. The Kier molecular flexibility index (Phi) is 3.61. The van der Waals surface area contributed by atoms with Crippen molar-refractivity contribution in [3.63, 3.8) is 0 Å². The first-order valence-corrected chi connectivity index (χ1v) is 6.87. The number of nitrogen functional groups attached to an aromatic ring is 1. The van der Waals surface area contributed by atoms with Crippen molar-refractivity contribution < 1.29 is 9.90 Å². The van der Waals surface area contributed by atoms with Crippen LogP contribution in [0.25, 0.3) is 0 Å². The molecule has 5 nitrogen and oxygen atoms in total. The molecule has 1 aliphatic carbocycles. The zero-order chi connectivity index (χ0) is 12.4. The van der Waals surface area contributed by atoms with E-state index in [9.17, 15) is 9.90 Å². The summed E-state index contributed by atoms with van der Waals surface area (Å²) >= 11 is 1.43. The zero-order valence-electron chi connectivity index (χ0n) is 9.85. The summed E-state index contributed by atoms with van der Waals surface area (Å²) in [5, 5.41) is 14.1. The van der Waals surface area contributed by atoms with E-state index in [2.05, 4.69) is 5.10 Å². The SMILES string of the molecule is CCSc1nn(C2CCCC2)c(N)c1C(=O)O. The lowest BCUT2D eigenvalue weighted by Crippen LogP contribution is -2.11. The van der Waals surface area contributed by atoms with Crippen LogP contribution in [0.2, 0.25) is 0 Å². The van der Waals surface area contributed by atoms with Crippen LogP contribution in [-0.2, 0) is 0 Å². The number of anilines is 1. The third-order valence-corrected chi connectivity index (χ3v) is 3.93. The lowest BCUT2D eigenvalue weighted by Gasteiger charge is -2.11. The summed E-state index contributed by atoms with van der Waals surface area (Å²) in [5.41, 5.74) is 6.09. The van der Waals surface area contributed by atoms with Crippen molar-refractivity contribution in [1.29, 1.82) is 0 Å². The molecule has 0 aromatic carbocycles. The van der Waals surface area contributed by atoms with Gasteiger partial charge in [0.05, 0.1) is 6.04 Å². The molecule has 0 bridgehead atoms. The Morgan fingerprint density at radius 3 is 2.76 bits per heavy atom. The van der Waals surface area contributed by atoms with E-state index in [0.29, 0.717) is 10.8 Å². The second-order valence-electron chi connectivity index (χ2n) is 4.19. The molecule has 1 heterocycles. The molecule has 17 heavy (non-hydrogen) atoms. The molecule has 0 spiro atoms. The van der Waals surface area contributed by atoms with E-state index in [4.69, 9.17) is 5.73 Å². The molecule has 1 aromatic heterocycles. The van der Waals surface area contributed by atoms with Crippen LogP contribution in [0.15, 0.2) is 5.03 Å². The molecule has 94 valence electrons. The Balaban J connectivity index is 2.39. The van der Waals surface area contributed by atoms with E-state index in [1.54, 1.807) is 4.68 Å². The summed E-state index contributed by atoms with van der Waals surface area (Å²) in [6, 6.07) is 0.277. The second kappa shape index (κ2) is 5.00. The van der Waals surface area contributed by atoms with Gasteiger partial charge in [0.2, 0.25) is 0 Å². The monoisotopic (exact) mass is 255 g/mol. The van der Waals surface area contributed by atoms with Gasteiger partial charge in [0, 0.05) is 0 Å². The number of carbonyl (C=O) groups is 1. The second-order valence-corrected chi connectivity index (χ2v) is 5.44. The third kappa shape index (κ3) is 2.26. The Morgan fingerprint density at radius 2 is 2.24 bits per heavy atom. The van der Waals surface area contributed by atoms with Gasteiger partial charge in [-0.3, -0.25) is 0 Å². The van der Waals surface area contributed by atoms with E-state index in [-0.39, 0.29) is 11.6 Å². The van der Waals surface area contributed by atoms with Gasteiger partial charge in [0.25, 0.3) is 0 Å². The number of hydrogen-bond acceptors (Lipinski definition) is 4. The average molecular weight is 255 g/mol. The fourth-order valence-corrected chi connectivity index (χ4v) is 3.05. The number of aromatic carboxylic acids is 1. The van der Waals surface area contributed by atoms with Crippen LogP contribution in [0.1, 0.15) is 49.0 Å². The molecule has 0 atom stereocenters. The van der Waals surface area contributed by atoms with Gasteiger partial charge in [-0.2, -0.15) is 5.10 Å². The maximum absolute atomic E-state index is 11.2. The van der Waals surface area contributed by atoms with Crippen LogP contribution in [-0.4, -0.2) is 26.6 Å². The minimum Gasteiger partial charge on any atom is -0.477 e. The summed E-state index contributed by atoms with van der Waals surface area (Å²) in [4.78, 5) is 11.2. The lowest BCUT2D eigenvalue weighted by molar-refractivity contribution is 0.0694. The quantitative estimate of drug-likeness (QED) is 0.807. The fourth-order valence-electron chi connectivity index (χ4n) is 2.29. The number of thioether (sulfide) groups is 1. The number of carboxylic acid groups (broad SMARTS) is 1. The number of aromatic nitrogens is 2. The number of hydrogen-bond donors (Lipinski definition) is 2. The van der Waals surface area contributed by atoms with Gasteiger partial charge in [-0.15, -0.1) is 11.8 Å². The lowest BCUT2D eigenvalue weighted by atomic mass is 10.2. The first-order chi connectivity index (χ1) is 8.15. The van der Waals surface area contributed by atoms with Crippen LogP contribution in [0.3, 0.4) is 0 Å². The van der Waals surface area contributed by atoms with Crippen molar-refractivity contribution in [2.24, 2.45) is 0 Å². The topological polar surface area (TPSA) is 81.1 Å². The molecule has 0 aliphatic heterocycles. The van der Waals surface area contributed by atoms with Gasteiger partial charge < -0.3 is 10.8 Å². The van der Waals surface area contributed by atoms with E-state index in [1.165, 1.54) is 24.6 Å². The number of rotatable bonds is 4. The summed E-state index contributed by atoms with van der Waals surface area (Å²) in [6.45, 7) is 1.97. The minimum atomic E-state index is -0.984. The maximum Gasteiger partial charge on any atom is 0.342 e. The normalized spacial score (nSPS) is 16.5. The molecule has 0 saturated heterocycles. The molecule has 1 saturated carbocycles. The molecule has 3 N–H and O–H groups in total.